The number of hydrogen-bond donors (Lipinski definition) is 2. The molecule has 3 rings (SSSR count). The van der Waals surface area contributed by atoms with Crippen molar-refractivity contribution in [3.8, 4) is 17.4 Å². The van der Waals surface area contributed by atoms with Crippen LogP contribution in [0.1, 0.15) is 10.4 Å². The predicted molar refractivity (Wildman–Crippen MR) is 100 cm³/mol. The summed E-state index contributed by atoms with van der Waals surface area (Å²) in [4.78, 5) is 14.8. The van der Waals surface area contributed by atoms with Gasteiger partial charge in [0.1, 0.15) is 22.2 Å². The molecule has 0 aliphatic rings. The molecule has 7 nitrogen and oxygen atoms in total. The van der Waals surface area contributed by atoms with E-state index < -0.39 is 5.97 Å². The Morgan fingerprint density at radius 3 is 2.44 bits per heavy atom. The number of halogens is 2. The second-order valence-corrected chi connectivity index (χ2v) is 6.09. The fourth-order valence-corrected chi connectivity index (χ4v) is 2.44. The van der Waals surface area contributed by atoms with Gasteiger partial charge in [-0.15, -0.1) is 5.11 Å². The average Bonchev–Trinajstić information content (AvgIpc) is 2.64. The summed E-state index contributed by atoms with van der Waals surface area (Å²) in [7, 11) is 0. The molecular formula is C18H11Cl2N3O4. The first-order valence-electron chi connectivity index (χ1n) is 7.49. The zero-order valence-electron chi connectivity index (χ0n) is 13.5. The molecule has 0 radical (unpaired) electrons. The van der Waals surface area contributed by atoms with Gasteiger partial charge in [0.05, 0.1) is 16.3 Å². The minimum atomic E-state index is -1.03. The van der Waals surface area contributed by atoms with Gasteiger partial charge in [0, 0.05) is 12.3 Å². The first-order chi connectivity index (χ1) is 12.9. The molecule has 3 aromatic rings. The normalized spacial score (nSPS) is 10.9. The lowest BCUT2D eigenvalue weighted by molar-refractivity contribution is 0.0697. The quantitative estimate of drug-likeness (QED) is 0.508. The predicted octanol–water partition coefficient (Wildman–Crippen LogP) is 6.00. The molecule has 2 N–H and O–H groups in total. The number of nitrogens with zero attached hydrogens (tertiary/aromatic N) is 3. The van der Waals surface area contributed by atoms with Gasteiger partial charge < -0.3 is 14.9 Å². The van der Waals surface area contributed by atoms with Gasteiger partial charge >= 0.3 is 5.97 Å². The zero-order valence-corrected chi connectivity index (χ0v) is 15.0. The molecule has 0 saturated carbocycles. The van der Waals surface area contributed by atoms with Gasteiger partial charge in [0.25, 0.3) is 0 Å². The molecule has 1 heterocycles. The standard InChI is InChI=1S/C18H11Cl2N3O4/c19-11-7-14(20)17(21-9-11)27-13-5-6-16(24)15(8-13)23-22-12-3-1-10(2-4-12)18(25)26/h1-9,24H,(H,25,26). The van der Waals surface area contributed by atoms with Gasteiger partial charge in [-0.1, -0.05) is 23.2 Å². The number of carboxylic acids is 1. The van der Waals surface area contributed by atoms with Gasteiger partial charge in [0.2, 0.25) is 5.88 Å². The number of aromatic nitrogens is 1. The minimum Gasteiger partial charge on any atom is -0.506 e. The lowest BCUT2D eigenvalue weighted by atomic mass is 10.2. The number of carbonyl (C=O) groups is 1. The molecule has 9 heteroatoms. The first kappa shape index (κ1) is 18.6. The van der Waals surface area contributed by atoms with E-state index in [0.29, 0.717) is 16.5 Å². The van der Waals surface area contributed by atoms with Crippen LogP contribution in [0.2, 0.25) is 10.0 Å². The third kappa shape index (κ3) is 4.72. The van der Waals surface area contributed by atoms with Gasteiger partial charge in [-0.25, -0.2) is 9.78 Å². The topological polar surface area (TPSA) is 104 Å². The summed E-state index contributed by atoms with van der Waals surface area (Å²) in [6.45, 7) is 0. The SMILES string of the molecule is O=C(O)c1ccc(N=Nc2cc(Oc3ncc(Cl)cc3Cl)ccc2O)cc1. The van der Waals surface area contributed by atoms with Gasteiger partial charge in [-0.3, -0.25) is 0 Å². The molecule has 0 atom stereocenters. The molecular weight excluding hydrogens is 393 g/mol. The van der Waals surface area contributed by atoms with Crippen LogP contribution in [0.4, 0.5) is 11.4 Å². The van der Waals surface area contributed by atoms with E-state index in [4.69, 9.17) is 33.0 Å². The number of benzene rings is 2. The van der Waals surface area contributed by atoms with Crippen LogP contribution in [0.15, 0.2) is 65.0 Å². The lowest BCUT2D eigenvalue weighted by Gasteiger charge is -2.07. The van der Waals surface area contributed by atoms with Crippen molar-refractivity contribution < 1.29 is 19.7 Å². The van der Waals surface area contributed by atoms with E-state index in [2.05, 4.69) is 15.2 Å². The number of aromatic carboxylic acids is 1. The van der Waals surface area contributed by atoms with E-state index in [9.17, 15) is 9.90 Å². The molecule has 0 saturated heterocycles. The Labute approximate surface area is 163 Å². The van der Waals surface area contributed by atoms with Gasteiger partial charge in [0.15, 0.2) is 0 Å². The second kappa shape index (κ2) is 8.03. The highest BCUT2D eigenvalue weighted by molar-refractivity contribution is 6.35. The number of phenolic OH excluding ortho intramolecular Hbond substituents is 1. The Hall–Kier alpha value is -3.16. The van der Waals surface area contributed by atoms with E-state index in [1.807, 2.05) is 0 Å². The molecule has 27 heavy (non-hydrogen) atoms. The van der Waals surface area contributed by atoms with Crippen molar-refractivity contribution >= 4 is 40.5 Å². The van der Waals surface area contributed by atoms with Crippen molar-refractivity contribution in [2.24, 2.45) is 10.2 Å². The number of aromatic hydroxyl groups is 1. The number of pyridine rings is 1. The van der Waals surface area contributed by atoms with E-state index in [-0.39, 0.29) is 27.9 Å². The number of rotatable bonds is 5. The first-order valence-corrected chi connectivity index (χ1v) is 8.25. The molecule has 0 unspecified atom stereocenters. The molecule has 2 aromatic carbocycles. The summed E-state index contributed by atoms with van der Waals surface area (Å²) in [6, 6.07) is 11.7. The van der Waals surface area contributed by atoms with Crippen molar-refractivity contribution in [3.63, 3.8) is 0 Å². The maximum absolute atomic E-state index is 10.8. The van der Waals surface area contributed by atoms with Crippen LogP contribution in [0.5, 0.6) is 17.4 Å². The van der Waals surface area contributed by atoms with Crippen LogP contribution in [0.3, 0.4) is 0 Å². The Morgan fingerprint density at radius 2 is 1.78 bits per heavy atom. The summed E-state index contributed by atoms with van der Waals surface area (Å²) in [5.41, 5.74) is 0.715. The van der Waals surface area contributed by atoms with Crippen LogP contribution in [0.25, 0.3) is 0 Å². The van der Waals surface area contributed by atoms with Crippen LogP contribution in [0, 0.1) is 0 Å². The average molecular weight is 404 g/mol. The number of carboxylic acid groups (broad SMARTS) is 1. The van der Waals surface area contributed by atoms with Gasteiger partial charge in [-0.05, 0) is 42.5 Å². The molecule has 1 aromatic heterocycles. The minimum absolute atomic E-state index is 0.108. The smallest absolute Gasteiger partial charge is 0.335 e. The Bertz CT molecular complexity index is 1020. The third-order valence-corrected chi connectivity index (χ3v) is 3.80. The monoisotopic (exact) mass is 403 g/mol. The summed E-state index contributed by atoms with van der Waals surface area (Å²) in [5.74, 6) is -0.655. The molecule has 0 aliphatic carbocycles. The Morgan fingerprint density at radius 1 is 1.04 bits per heavy atom. The number of phenols is 1. The van der Waals surface area contributed by atoms with Crippen molar-refractivity contribution in [1.82, 2.24) is 4.98 Å². The second-order valence-electron chi connectivity index (χ2n) is 5.25. The molecule has 0 aliphatic heterocycles. The molecule has 0 amide bonds. The highest BCUT2D eigenvalue weighted by Gasteiger charge is 2.09. The fourth-order valence-electron chi connectivity index (χ4n) is 2.02. The van der Waals surface area contributed by atoms with Crippen molar-refractivity contribution in [2.45, 2.75) is 0 Å². The van der Waals surface area contributed by atoms with Crippen molar-refractivity contribution in [3.05, 3.63) is 70.3 Å². The van der Waals surface area contributed by atoms with Crippen LogP contribution < -0.4 is 4.74 Å². The largest absolute Gasteiger partial charge is 0.506 e. The maximum atomic E-state index is 10.8. The van der Waals surface area contributed by atoms with E-state index in [0.717, 1.165) is 0 Å². The van der Waals surface area contributed by atoms with Crippen LogP contribution in [-0.4, -0.2) is 21.2 Å². The van der Waals surface area contributed by atoms with E-state index in [1.54, 1.807) is 0 Å². The molecule has 0 bridgehead atoms. The van der Waals surface area contributed by atoms with E-state index in [1.165, 1.54) is 54.7 Å². The Kier molecular flexibility index (Phi) is 5.54. The molecule has 0 fully saturated rings. The van der Waals surface area contributed by atoms with Crippen molar-refractivity contribution in [2.75, 3.05) is 0 Å². The van der Waals surface area contributed by atoms with Crippen molar-refractivity contribution in [1.29, 1.82) is 0 Å². The summed E-state index contributed by atoms with van der Waals surface area (Å²) >= 11 is 11.8. The molecule has 0 spiro atoms. The third-order valence-electron chi connectivity index (χ3n) is 3.32. The summed E-state index contributed by atoms with van der Waals surface area (Å²) in [6.07, 6.45) is 1.39. The maximum Gasteiger partial charge on any atom is 0.335 e. The number of hydrogen-bond acceptors (Lipinski definition) is 6. The van der Waals surface area contributed by atoms with Crippen LogP contribution >= 0.6 is 23.2 Å². The van der Waals surface area contributed by atoms with Gasteiger partial charge in [-0.2, -0.15) is 5.11 Å². The number of ether oxygens (including phenoxy) is 1. The van der Waals surface area contributed by atoms with E-state index >= 15 is 0 Å². The molecule has 136 valence electrons. The van der Waals surface area contributed by atoms with Crippen LogP contribution in [-0.2, 0) is 0 Å². The fraction of sp³-hybridized carbons (Fsp3) is 0. The zero-order chi connectivity index (χ0) is 19.4. The highest BCUT2D eigenvalue weighted by atomic mass is 35.5. The summed E-state index contributed by atoms with van der Waals surface area (Å²) in [5, 5.41) is 27.4. The number of azo groups is 1. The lowest BCUT2D eigenvalue weighted by Crippen LogP contribution is -1.93. The Balaban J connectivity index is 1.81. The summed E-state index contributed by atoms with van der Waals surface area (Å²) < 4.78 is 5.57. The highest BCUT2D eigenvalue weighted by Crippen LogP contribution is 2.35.